The van der Waals surface area contributed by atoms with E-state index in [-0.39, 0.29) is 0 Å². The molecule has 0 atom stereocenters. The number of hydrogen-bond acceptors (Lipinski definition) is 3. The molecule has 0 aliphatic heterocycles. The topological polar surface area (TPSA) is 32.6 Å². The van der Waals surface area contributed by atoms with Crippen LogP contribution < -0.4 is 0 Å². The van der Waals surface area contributed by atoms with Gasteiger partial charge in [0.25, 0.3) is 0 Å². The van der Waals surface area contributed by atoms with E-state index in [9.17, 15) is 0 Å². The lowest BCUT2D eigenvalue weighted by atomic mass is 10.1. The first-order valence-electron chi connectivity index (χ1n) is 4.07. The van der Waals surface area contributed by atoms with Crippen molar-refractivity contribution < 1.29 is 5.21 Å². The highest BCUT2D eigenvalue weighted by atomic mass is 32.2. The highest BCUT2D eigenvalue weighted by Crippen LogP contribution is 2.20. The van der Waals surface area contributed by atoms with Crippen LogP contribution in [0.2, 0.25) is 0 Å². The van der Waals surface area contributed by atoms with Gasteiger partial charge in [-0.3, -0.25) is 0 Å². The predicted molar refractivity (Wildman–Crippen MR) is 56.8 cm³/mol. The van der Waals surface area contributed by atoms with Gasteiger partial charge in [0, 0.05) is 11.3 Å². The largest absolute Gasteiger partial charge is 0.411 e. The van der Waals surface area contributed by atoms with Crippen LogP contribution in [-0.2, 0) is 6.42 Å². The molecule has 0 radical (unpaired) electrons. The summed E-state index contributed by atoms with van der Waals surface area (Å²) in [4.78, 5) is 1.24. The van der Waals surface area contributed by atoms with Crippen molar-refractivity contribution >= 4 is 17.5 Å². The van der Waals surface area contributed by atoms with E-state index < -0.39 is 0 Å². The second-order valence-electron chi connectivity index (χ2n) is 2.82. The summed E-state index contributed by atoms with van der Waals surface area (Å²) in [5.74, 6) is 0. The van der Waals surface area contributed by atoms with Gasteiger partial charge in [0.1, 0.15) is 0 Å². The van der Waals surface area contributed by atoms with Crippen molar-refractivity contribution in [2.45, 2.75) is 18.2 Å². The third-order valence-electron chi connectivity index (χ3n) is 1.81. The van der Waals surface area contributed by atoms with Crippen molar-refractivity contribution in [1.82, 2.24) is 0 Å². The fourth-order valence-corrected chi connectivity index (χ4v) is 1.78. The van der Waals surface area contributed by atoms with Gasteiger partial charge in [0.05, 0.1) is 5.71 Å². The van der Waals surface area contributed by atoms with Crippen LogP contribution >= 0.6 is 11.8 Å². The summed E-state index contributed by atoms with van der Waals surface area (Å²) in [6.45, 7) is 1.82. The second-order valence-corrected chi connectivity index (χ2v) is 3.67. The van der Waals surface area contributed by atoms with E-state index in [0.29, 0.717) is 6.42 Å². The van der Waals surface area contributed by atoms with Crippen LogP contribution in [0.15, 0.2) is 34.3 Å². The van der Waals surface area contributed by atoms with Crippen LogP contribution in [0.5, 0.6) is 0 Å². The molecule has 2 nitrogen and oxygen atoms in total. The molecule has 13 heavy (non-hydrogen) atoms. The van der Waals surface area contributed by atoms with Gasteiger partial charge in [-0.05, 0) is 24.8 Å². The van der Waals surface area contributed by atoms with Crippen LogP contribution in [0, 0.1) is 0 Å². The first-order valence-corrected chi connectivity index (χ1v) is 5.30. The highest BCUT2D eigenvalue weighted by molar-refractivity contribution is 7.98. The van der Waals surface area contributed by atoms with E-state index >= 15 is 0 Å². The maximum atomic E-state index is 8.54. The summed E-state index contributed by atoms with van der Waals surface area (Å²) in [5.41, 5.74) is 1.95. The SMILES string of the molecule is CSc1ccccc1C/C(C)=N\O. The summed E-state index contributed by atoms with van der Waals surface area (Å²) < 4.78 is 0. The average Bonchev–Trinajstić information content (AvgIpc) is 2.18. The van der Waals surface area contributed by atoms with Crippen molar-refractivity contribution in [3.8, 4) is 0 Å². The van der Waals surface area contributed by atoms with Gasteiger partial charge in [-0.2, -0.15) is 0 Å². The summed E-state index contributed by atoms with van der Waals surface area (Å²) in [6, 6.07) is 8.14. The molecule has 0 aliphatic carbocycles. The Bertz CT molecular complexity index is 310. The number of rotatable bonds is 3. The number of thioether (sulfide) groups is 1. The molecule has 1 aromatic rings. The minimum Gasteiger partial charge on any atom is -0.411 e. The molecule has 1 aromatic carbocycles. The molecule has 70 valence electrons. The zero-order valence-corrected chi connectivity index (χ0v) is 8.64. The molecular formula is C10H13NOS. The minimum atomic E-state index is 0.716. The lowest BCUT2D eigenvalue weighted by Gasteiger charge is -2.05. The quantitative estimate of drug-likeness (QED) is 0.348. The van der Waals surface area contributed by atoms with Crippen LogP contribution in [-0.4, -0.2) is 17.2 Å². The number of benzene rings is 1. The summed E-state index contributed by atoms with van der Waals surface area (Å²) in [5, 5.41) is 11.7. The van der Waals surface area contributed by atoms with E-state index in [0.717, 1.165) is 5.71 Å². The Hall–Kier alpha value is -0.960. The smallest absolute Gasteiger partial charge is 0.0584 e. The summed E-state index contributed by atoms with van der Waals surface area (Å²) in [7, 11) is 0. The molecule has 0 heterocycles. The van der Waals surface area contributed by atoms with E-state index in [1.165, 1.54) is 10.5 Å². The van der Waals surface area contributed by atoms with Gasteiger partial charge in [0.2, 0.25) is 0 Å². The molecule has 1 rings (SSSR count). The monoisotopic (exact) mass is 195 g/mol. The first-order chi connectivity index (χ1) is 6.27. The third-order valence-corrected chi connectivity index (χ3v) is 2.65. The molecule has 0 fully saturated rings. The van der Waals surface area contributed by atoms with E-state index in [1.54, 1.807) is 11.8 Å². The second kappa shape index (κ2) is 4.92. The van der Waals surface area contributed by atoms with Crippen LogP contribution in [0.25, 0.3) is 0 Å². The molecule has 3 heteroatoms. The number of oxime groups is 1. The molecule has 0 bridgehead atoms. The van der Waals surface area contributed by atoms with Crippen molar-refractivity contribution in [3.05, 3.63) is 29.8 Å². The van der Waals surface area contributed by atoms with Crippen molar-refractivity contribution in [3.63, 3.8) is 0 Å². The molecule has 0 saturated heterocycles. The van der Waals surface area contributed by atoms with Gasteiger partial charge in [0.15, 0.2) is 0 Å². The van der Waals surface area contributed by atoms with Gasteiger partial charge in [-0.15, -0.1) is 11.8 Å². The van der Waals surface area contributed by atoms with Crippen LogP contribution in [0.4, 0.5) is 0 Å². The minimum absolute atomic E-state index is 0.716. The standard InChI is InChI=1S/C10H13NOS/c1-8(11-12)7-9-5-3-4-6-10(9)13-2/h3-6,12H,7H2,1-2H3/b11-8-. The van der Waals surface area contributed by atoms with Crippen LogP contribution in [0.3, 0.4) is 0 Å². The normalized spacial score (nSPS) is 11.7. The van der Waals surface area contributed by atoms with Crippen molar-refractivity contribution in [1.29, 1.82) is 0 Å². The zero-order chi connectivity index (χ0) is 9.68. The van der Waals surface area contributed by atoms with Crippen molar-refractivity contribution in [2.24, 2.45) is 5.16 Å². The fraction of sp³-hybridized carbons (Fsp3) is 0.300. The Morgan fingerprint density at radius 2 is 2.15 bits per heavy atom. The van der Waals surface area contributed by atoms with Gasteiger partial charge >= 0.3 is 0 Å². The lowest BCUT2D eigenvalue weighted by Crippen LogP contribution is -1.98. The molecule has 1 N–H and O–H groups in total. The van der Waals surface area contributed by atoms with E-state index in [2.05, 4.69) is 17.3 Å². The van der Waals surface area contributed by atoms with E-state index in [4.69, 9.17) is 5.21 Å². The summed E-state index contributed by atoms with van der Waals surface area (Å²) >= 11 is 1.71. The Balaban J connectivity index is 2.87. The van der Waals surface area contributed by atoms with Gasteiger partial charge in [-0.25, -0.2) is 0 Å². The first kappa shape index (κ1) is 10.1. The maximum absolute atomic E-state index is 8.54. The molecule has 0 aliphatic rings. The highest BCUT2D eigenvalue weighted by Gasteiger charge is 2.01. The zero-order valence-electron chi connectivity index (χ0n) is 7.82. The van der Waals surface area contributed by atoms with E-state index in [1.807, 2.05) is 25.3 Å². The maximum Gasteiger partial charge on any atom is 0.0584 e. The Labute approximate surface area is 82.7 Å². The van der Waals surface area contributed by atoms with Crippen LogP contribution in [0.1, 0.15) is 12.5 Å². The Morgan fingerprint density at radius 1 is 1.46 bits per heavy atom. The lowest BCUT2D eigenvalue weighted by molar-refractivity contribution is 0.317. The molecule has 0 aromatic heterocycles. The Morgan fingerprint density at radius 3 is 2.77 bits per heavy atom. The fourth-order valence-electron chi connectivity index (χ4n) is 1.16. The Kier molecular flexibility index (Phi) is 3.83. The third kappa shape index (κ3) is 2.77. The molecule has 0 unspecified atom stereocenters. The number of hydrogen-bond donors (Lipinski definition) is 1. The van der Waals surface area contributed by atoms with Gasteiger partial charge in [-0.1, -0.05) is 23.4 Å². The molecule has 0 spiro atoms. The average molecular weight is 195 g/mol. The molecular weight excluding hydrogens is 182 g/mol. The number of nitrogens with zero attached hydrogens (tertiary/aromatic N) is 1. The molecule has 0 saturated carbocycles. The van der Waals surface area contributed by atoms with Crippen molar-refractivity contribution in [2.75, 3.05) is 6.26 Å². The molecule has 0 amide bonds. The predicted octanol–water partition coefficient (Wildman–Crippen LogP) is 2.80. The van der Waals surface area contributed by atoms with Gasteiger partial charge < -0.3 is 5.21 Å². The summed E-state index contributed by atoms with van der Waals surface area (Å²) in [6.07, 6.45) is 2.76.